The Kier molecular flexibility index (Phi) is 5.36. The number of nitrogens with one attached hydrogen (secondary N) is 1. The van der Waals surface area contributed by atoms with E-state index in [1.165, 1.54) is 0 Å². The van der Waals surface area contributed by atoms with Gasteiger partial charge in [-0.15, -0.1) is 10.2 Å². The molecule has 1 aromatic carbocycles. The molecule has 0 saturated carbocycles. The third kappa shape index (κ3) is 4.18. The number of anilines is 1. The molecule has 0 bridgehead atoms. The van der Waals surface area contributed by atoms with Gasteiger partial charge in [0.25, 0.3) is 11.1 Å². The van der Waals surface area contributed by atoms with Crippen molar-refractivity contribution >= 4 is 46.6 Å². The lowest BCUT2D eigenvalue weighted by Crippen LogP contribution is -2.22. The molecule has 2 heterocycles. The highest BCUT2D eigenvalue weighted by Crippen LogP contribution is 2.30. The Bertz CT molecular complexity index is 910. The van der Waals surface area contributed by atoms with E-state index in [1.54, 1.807) is 44.4 Å². The third-order valence-corrected chi connectivity index (χ3v) is 4.81. The van der Waals surface area contributed by atoms with Crippen molar-refractivity contribution in [2.75, 3.05) is 5.32 Å². The second-order valence-electron chi connectivity index (χ2n) is 5.14. The molecule has 0 aliphatic rings. The molecule has 1 amide bonds. The van der Waals surface area contributed by atoms with Crippen LogP contribution in [0, 0.1) is 6.92 Å². The maximum Gasteiger partial charge on any atom is 0.277 e. The van der Waals surface area contributed by atoms with E-state index in [4.69, 9.17) is 32.0 Å². The summed E-state index contributed by atoms with van der Waals surface area (Å²) in [7, 11) is 0. The standard InChI is InChI=1S/C16H13Cl2N3O3S/c1-8-11(5-6-23-8)15-20-21-16(24-15)25-9(2)14(22)19-13-4-3-10(17)7-12(13)18/h3-7,9H,1-2H3,(H,19,22)/t9-/m0/s1. The second kappa shape index (κ2) is 7.51. The number of carbonyl (C=O) groups is 1. The van der Waals surface area contributed by atoms with Crippen molar-refractivity contribution in [3.05, 3.63) is 46.3 Å². The summed E-state index contributed by atoms with van der Waals surface area (Å²) in [6, 6.07) is 6.61. The molecule has 3 rings (SSSR count). The van der Waals surface area contributed by atoms with Crippen LogP contribution < -0.4 is 5.32 Å². The Morgan fingerprint density at radius 2 is 2.08 bits per heavy atom. The number of carbonyl (C=O) groups excluding carboxylic acids is 1. The summed E-state index contributed by atoms with van der Waals surface area (Å²) < 4.78 is 10.8. The fourth-order valence-electron chi connectivity index (χ4n) is 2.00. The summed E-state index contributed by atoms with van der Waals surface area (Å²) in [5.41, 5.74) is 1.22. The summed E-state index contributed by atoms with van der Waals surface area (Å²) in [6.45, 7) is 3.54. The Morgan fingerprint density at radius 1 is 1.28 bits per heavy atom. The quantitative estimate of drug-likeness (QED) is 0.605. The third-order valence-electron chi connectivity index (χ3n) is 3.33. The van der Waals surface area contributed by atoms with Crippen LogP contribution in [0.1, 0.15) is 12.7 Å². The van der Waals surface area contributed by atoms with Gasteiger partial charge in [0.15, 0.2) is 0 Å². The van der Waals surface area contributed by atoms with Crippen molar-refractivity contribution in [1.82, 2.24) is 10.2 Å². The molecule has 2 aromatic heterocycles. The highest BCUT2D eigenvalue weighted by Gasteiger charge is 2.20. The summed E-state index contributed by atoms with van der Waals surface area (Å²) >= 11 is 13.1. The van der Waals surface area contributed by atoms with Gasteiger partial charge in [-0.1, -0.05) is 35.0 Å². The van der Waals surface area contributed by atoms with Gasteiger partial charge in [0.2, 0.25) is 5.91 Å². The van der Waals surface area contributed by atoms with Crippen molar-refractivity contribution in [2.24, 2.45) is 0 Å². The van der Waals surface area contributed by atoms with Crippen LogP contribution in [-0.2, 0) is 4.79 Å². The van der Waals surface area contributed by atoms with Gasteiger partial charge in [0.05, 0.1) is 27.8 Å². The lowest BCUT2D eigenvalue weighted by atomic mass is 10.3. The van der Waals surface area contributed by atoms with Crippen LogP contribution in [0.2, 0.25) is 10.0 Å². The number of hydrogen-bond donors (Lipinski definition) is 1. The molecule has 1 atom stereocenters. The summed E-state index contributed by atoms with van der Waals surface area (Å²) in [5.74, 6) is 0.791. The maximum atomic E-state index is 12.3. The number of rotatable bonds is 5. The zero-order valence-corrected chi connectivity index (χ0v) is 15.6. The van der Waals surface area contributed by atoms with E-state index in [9.17, 15) is 4.79 Å². The zero-order valence-electron chi connectivity index (χ0n) is 13.2. The van der Waals surface area contributed by atoms with E-state index >= 15 is 0 Å². The SMILES string of the molecule is Cc1occc1-c1nnc(S[C@@H](C)C(=O)Nc2ccc(Cl)cc2Cl)o1. The number of amides is 1. The molecule has 0 aliphatic heterocycles. The Balaban J connectivity index is 1.66. The minimum absolute atomic E-state index is 0.242. The fraction of sp³-hybridized carbons (Fsp3) is 0.188. The van der Waals surface area contributed by atoms with Crippen LogP contribution in [0.15, 0.2) is 44.6 Å². The minimum atomic E-state index is -0.467. The largest absolute Gasteiger partial charge is 0.469 e. The molecule has 0 fully saturated rings. The van der Waals surface area contributed by atoms with Crippen LogP contribution in [0.3, 0.4) is 0 Å². The normalized spacial score (nSPS) is 12.2. The smallest absolute Gasteiger partial charge is 0.277 e. The summed E-state index contributed by atoms with van der Waals surface area (Å²) in [5, 5.41) is 11.4. The van der Waals surface area contributed by atoms with Gasteiger partial charge in [0.1, 0.15) is 5.76 Å². The summed E-state index contributed by atoms with van der Waals surface area (Å²) in [6.07, 6.45) is 1.55. The molecule has 25 heavy (non-hydrogen) atoms. The predicted octanol–water partition coefficient (Wildman–Crippen LogP) is 5.06. The molecule has 0 unspecified atom stereocenters. The number of furan rings is 1. The Labute approximate surface area is 157 Å². The molecule has 0 aliphatic carbocycles. The van der Waals surface area contributed by atoms with Crippen molar-refractivity contribution in [3.63, 3.8) is 0 Å². The van der Waals surface area contributed by atoms with Gasteiger partial charge in [0, 0.05) is 5.02 Å². The van der Waals surface area contributed by atoms with E-state index in [0.717, 1.165) is 17.3 Å². The summed E-state index contributed by atoms with van der Waals surface area (Å²) in [4.78, 5) is 12.3. The van der Waals surface area contributed by atoms with Gasteiger partial charge < -0.3 is 14.2 Å². The second-order valence-corrected chi connectivity index (χ2v) is 7.27. The van der Waals surface area contributed by atoms with Crippen LogP contribution in [0.25, 0.3) is 11.5 Å². The van der Waals surface area contributed by atoms with Crippen LogP contribution >= 0.6 is 35.0 Å². The lowest BCUT2D eigenvalue weighted by molar-refractivity contribution is -0.115. The van der Waals surface area contributed by atoms with Gasteiger partial charge in [-0.25, -0.2) is 0 Å². The molecule has 130 valence electrons. The van der Waals surface area contributed by atoms with E-state index in [2.05, 4.69) is 15.5 Å². The molecule has 1 N–H and O–H groups in total. The molecule has 0 radical (unpaired) electrons. The molecule has 0 saturated heterocycles. The number of nitrogens with zero attached hydrogens (tertiary/aromatic N) is 2. The average Bonchev–Trinajstić information content (AvgIpc) is 3.18. The molecule has 3 aromatic rings. The number of aryl methyl sites for hydroxylation is 1. The van der Waals surface area contributed by atoms with Crippen molar-refractivity contribution in [2.45, 2.75) is 24.3 Å². The predicted molar refractivity (Wildman–Crippen MR) is 97.1 cm³/mol. The first-order valence-electron chi connectivity index (χ1n) is 7.24. The fourth-order valence-corrected chi connectivity index (χ4v) is 3.14. The van der Waals surface area contributed by atoms with Crippen LogP contribution in [0.5, 0.6) is 0 Å². The minimum Gasteiger partial charge on any atom is -0.469 e. The number of aromatic nitrogens is 2. The monoisotopic (exact) mass is 397 g/mol. The van der Waals surface area contributed by atoms with Crippen LogP contribution in [0.4, 0.5) is 5.69 Å². The van der Waals surface area contributed by atoms with Gasteiger partial charge in [-0.2, -0.15) is 0 Å². The number of benzene rings is 1. The van der Waals surface area contributed by atoms with Crippen LogP contribution in [-0.4, -0.2) is 21.4 Å². The molecular weight excluding hydrogens is 385 g/mol. The van der Waals surface area contributed by atoms with Gasteiger partial charge in [-0.05, 0) is 38.1 Å². The molecular formula is C16H13Cl2N3O3S. The van der Waals surface area contributed by atoms with Crippen molar-refractivity contribution in [1.29, 1.82) is 0 Å². The number of hydrogen-bond acceptors (Lipinski definition) is 6. The van der Waals surface area contributed by atoms with Gasteiger partial charge >= 0.3 is 0 Å². The van der Waals surface area contributed by atoms with Gasteiger partial charge in [-0.3, -0.25) is 4.79 Å². The van der Waals surface area contributed by atoms with Crippen molar-refractivity contribution in [3.8, 4) is 11.5 Å². The number of thioether (sulfide) groups is 1. The molecule has 9 heteroatoms. The Morgan fingerprint density at radius 3 is 2.76 bits per heavy atom. The molecule has 6 nitrogen and oxygen atoms in total. The van der Waals surface area contributed by atoms with E-state index < -0.39 is 5.25 Å². The first-order chi connectivity index (χ1) is 11.9. The average molecular weight is 398 g/mol. The highest BCUT2D eigenvalue weighted by molar-refractivity contribution is 8.00. The number of halogens is 2. The van der Waals surface area contributed by atoms with E-state index in [0.29, 0.717) is 32.6 Å². The Hall–Kier alpha value is -1.96. The maximum absolute atomic E-state index is 12.3. The zero-order chi connectivity index (χ0) is 18.0. The topological polar surface area (TPSA) is 81.2 Å². The van der Waals surface area contributed by atoms with E-state index in [1.807, 2.05) is 0 Å². The first kappa shape index (κ1) is 17.8. The first-order valence-corrected chi connectivity index (χ1v) is 8.88. The lowest BCUT2D eigenvalue weighted by Gasteiger charge is -2.11. The van der Waals surface area contributed by atoms with E-state index in [-0.39, 0.29) is 5.91 Å². The van der Waals surface area contributed by atoms with Crippen molar-refractivity contribution < 1.29 is 13.6 Å². The molecule has 0 spiro atoms. The highest BCUT2D eigenvalue weighted by atomic mass is 35.5.